The lowest BCUT2D eigenvalue weighted by molar-refractivity contribution is -0.113. The molecule has 2 N–H and O–H groups in total. The summed E-state index contributed by atoms with van der Waals surface area (Å²) in [6.07, 6.45) is 4.53. The number of urea groups is 1. The fourth-order valence-corrected chi connectivity index (χ4v) is 4.00. The molecular weight excluding hydrogens is 370 g/mol. The number of aryl methyl sites for hydroxylation is 1. The minimum absolute atomic E-state index is 0.0467. The van der Waals surface area contributed by atoms with Gasteiger partial charge in [-0.2, -0.15) is 0 Å². The first kappa shape index (κ1) is 20.3. The number of nitrogens with one attached hydrogen (secondary N) is 2. The molecule has 0 radical (unpaired) electrons. The second-order valence-electron chi connectivity index (χ2n) is 7.01. The number of hydrogen-bond acceptors (Lipinski definition) is 3. The predicted octanol–water partition coefficient (Wildman–Crippen LogP) is 5.13. The van der Waals surface area contributed by atoms with Gasteiger partial charge >= 0.3 is 6.03 Å². The third-order valence-electron chi connectivity index (χ3n) is 4.77. The van der Waals surface area contributed by atoms with Crippen molar-refractivity contribution in [2.75, 3.05) is 29.5 Å². The van der Waals surface area contributed by atoms with E-state index in [0.29, 0.717) is 5.75 Å². The second-order valence-corrected chi connectivity index (χ2v) is 8.03. The SMILES string of the molecule is Cc1ccccc1SCC(=O)Nc1ccc(NC(=O)N2CCCCCC2)cc1. The normalized spacial score (nSPS) is 14.2. The minimum Gasteiger partial charge on any atom is -0.325 e. The Hall–Kier alpha value is -2.47. The van der Waals surface area contributed by atoms with Crippen LogP contribution in [0.5, 0.6) is 0 Å². The van der Waals surface area contributed by atoms with E-state index in [-0.39, 0.29) is 11.9 Å². The number of rotatable bonds is 5. The zero-order valence-corrected chi connectivity index (χ0v) is 17.1. The molecule has 148 valence electrons. The van der Waals surface area contributed by atoms with Gasteiger partial charge in [-0.25, -0.2) is 4.79 Å². The van der Waals surface area contributed by atoms with Crippen LogP contribution < -0.4 is 10.6 Å². The smallest absolute Gasteiger partial charge is 0.321 e. The quantitative estimate of drug-likeness (QED) is 0.687. The van der Waals surface area contributed by atoms with Gasteiger partial charge in [0, 0.05) is 29.4 Å². The number of thioether (sulfide) groups is 1. The van der Waals surface area contributed by atoms with Crippen LogP contribution in [-0.4, -0.2) is 35.7 Å². The Morgan fingerprint density at radius 1 is 0.893 bits per heavy atom. The summed E-state index contributed by atoms with van der Waals surface area (Å²) >= 11 is 1.53. The molecule has 2 aromatic rings. The van der Waals surface area contributed by atoms with Crippen LogP contribution in [0.4, 0.5) is 16.2 Å². The zero-order chi connectivity index (χ0) is 19.8. The van der Waals surface area contributed by atoms with Crippen LogP contribution >= 0.6 is 11.8 Å². The molecule has 0 aromatic heterocycles. The first-order valence-corrected chi connectivity index (χ1v) is 10.7. The van der Waals surface area contributed by atoms with Crippen molar-refractivity contribution in [3.8, 4) is 0 Å². The zero-order valence-electron chi connectivity index (χ0n) is 16.2. The lowest BCUT2D eigenvalue weighted by atomic mass is 10.2. The van der Waals surface area contributed by atoms with Gasteiger partial charge in [0.2, 0.25) is 5.91 Å². The summed E-state index contributed by atoms with van der Waals surface area (Å²) in [6.45, 7) is 3.68. The van der Waals surface area contributed by atoms with Gasteiger partial charge in [-0.05, 0) is 55.7 Å². The van der Waals surface area contributed by atoms with Crippen LogP contribution in [-0.2, 0) is 4.79 Å². The fourth-order valence-electron chi connectivity index (χ4n) is 3.17. The molecule has 1 fully saturated rings. The molecule has 1 heterocycles. The average molecular weight is 398 g/mol. The Kier molecular flexibility index (Phi) is 7.37. The van der Waals surface area contributed by atoms with Gasteiger partial charge in [0.25, 0.3) is 0 Å². The van der Waals surface area contributed by atoms with Gasteiger partial charge in [0.1, 0.15) is 0 Å². The van der Waals surface area contributed by atoms with Gasteiger partial charge < -0.3 is 15.5 Å². The fraction of sp³-hybridized carbons (Fsp3) is 0.364. The Morgan fingerprint density at radius 3 is 2.14 bits per heavy atom. The van der Waals surface area contributed by atoms with Crippen molar-refractivity contribution < 1.29 is 9.59 Å². The molecule has 0 saturated carbocycles. The van der Waals surface area contributed by atoms with Gasteiger partial charge in [-0.3, -0.25) is 4.79 Å². The Bertz CT molecular complexity index is 800. The maximum Gasteiger partial charge on any atom is 0.321 e. The molecule has 28 heavy (non-hydrogen) atoms. The first-order chi connectivity index (χ1) is 13.6. The van der Waals surface area contributed by atoms with Crippen LogP contribution in [0.25, 0.3) is 0 Å². The first-order valence-electron chi connectivity index (χ1n) is 9.76. The van der Waals surface area contributed by atoms with Crippen LogP contribution in [0.2, 0.25) is 0 Å². The van der Waals surface area contributed by atoms with Crippen molar-refractivity contribution in [3.05, 3.63) is 54.1 Å². The maximum absolute atomic E-state index is 12.4. The summed E-state index contributed by atoms with van der Waals surface area (Å²) in [7, 11) is 0. The summed E-state index contributed by atoms with van der Waals surface area (Å²) in [5.41, 5.74) is 2.63. The molecule has 2 aromatic carbocycles. The van der Waals surface area contributed by atoms with Crippen molar-refractivity contribution in [1.29, 1.82) is 0 Å². The molecule has 0 bridgehead atoms. The van der Waals surface area contributed by atoms with E-state index in [2.05, 4.69) is 10.6 Å². The molecule has 0 atom stereocenters. The van der Waals surface area contributed by atoms with Crippen molar-refractivity contribution in [1.82, 2.24) is 4.90 Å². The van der Waals surface area contributed by atoms with Crippen LogP contribution in [0.3, 0.4) is 0 Å². The Morgan fingerprint density at radius 2 is 1.50 bits per heavy atom. The van der Waals surface area contributed by atoms with Gasteiger partial charge in [-0.15, -0.1) is 11.8 Å². The number of anilines is 2. The molecule has 3 amide bonds. The van der Waals surface area contributed by atoms with Gasteiger partial charge in [0.15, 0.2) is 0 Å². The second kappa shape index (κ2) is 10.2. The Labute approximate surface area is 170 Å². The molecule has 0 aliphatic carbocycles. The monoisotopic (exact) mass is 397 g/mol. The van der Waals surface area contributed by atoms with E-state index in [4.69, 9.17) is 0 Å². The molecule has 6 heteroatoms. The average Bonchev–Trinajstić information content (AvgIpc) is 2.98. The number of carbonyl (C=O) groups is 2. The molecule has 1 aliphatic rings. The van der Waals surface area contributed by atoms with Gasteiger partial charge in [0.05, 0.1) is 5.75 Å². The van der Waals surface area contributed by atoms with Crippen LogP contribution in [0.1, 0.15) is 31.2 Å². The standard InChI is InChI=1S/C22H27N3O2S/c1-17-8-4-5-9-20(17)28-16-21(26)23-18-10-12-19(13-11-18)24-22(27)25-14-6-2-3-7-15-25/h4-5,8-13H,2-3,6-7,14-16H2,1H3,(H,23,26)(H,24,27). The largest absolute Gasteiger partial charge is 0.325 e. The summed E-state index contributed by atoms with van der Waals surface area (Å²) in [6, 6.07) is 15.3. The van der Waals surface area contributed by atoms with E-state index in [1.807, 2.05) is 60.4 Å². The highest BCUT2D eigenvalue weighted by atomic mass is 32.2. The number of carbonyl (C=O) groups excluding carboxylic acids is 2. The van der Waals surface area contributed by atoms with Crippen molar-refractivity contribution >= 4 is 35.1 Å². The van der Waals surface area contributed by atoms with Crippen LogP contribution in [0.15, 0.2) is 53.4 Å². The molecule has 1 saturated heterocycles. The van der Waals surface area contributed by atoms with Crippen molar-refractivity contribution in [2.45, 2.75) is 37.5 Å². The highest BCUT2D eigenvalue weighted by molar-refractivity contribution is 8.00. The molecule has 0 spiro atoms. The van der Waals surface area contributed by atoms with E-state index >= 15 is 0 Å². The summed E-state index contributed by atoms with van der Waals surface area (Å²) < 4.78 is 0. The predicted molar refractivity (Wildman–Crippen MR) is 116 cm³/mol. The molecular formula is C22H27N3O2S. The maximum atomic E-state index is 12.4. The van der Waals surface area contributed by atoms with Crippen LogP contribution in [0, 0.1) is 6.92 Å². The summed E-state index contributed by atoms with van der Waals surface area (Å²) in [5, 5.41) is 5.84. The molecule has 3 rings (SSSR count). The number of nitrogens with zero attached hydrogens (tertiary/aromatic N) is 1. The lowest BCUT2D eigenvalue weighted by Gasteiger charge is -2.20. The molecule has 5 nitrogen and oxygen atoms in total. The summed E-state index contributed by atoms with van der Waals surface area (Å²) in [4.78, 5) is 27.6. The number of amides is 3. The number of hydrogen-bond donors (Lipinski definition) is 2. The third-order valence-corrected chi connectivity index (χ3v) is 5.94. The topological polar surface area (TPSA) is 61.4 Å². The molecule has 1 aliphatic heterocycles. The highest BCUT2D eigenvalue weighted by Gasteiger charge is 2.15. The molecule has 0 unspecified atom stereocenters. The van der Waals surface area contributed by atoms with Gasteiger partial charge in [-0.1, -0.05) is 31.0 Å². The summed E-state index contributed by atoms with van der Waals surface area (Å²) in [5.74, 6) is 0.313. The van der Waals surface area contributed by atoms with Crippen molar-refractivity contribution in [3.63, 3.8) is 0 Å². The van der Waals surface area contributed by atoms with E-state index in [0.717, 1.165) is 42.2 Å². The van der Waals surface area contributed by atoms with E-state index < -0.39 is 0 Å². The third kappa shape index (κ3) is 6.02. The number of benzene rings is 2. The lowest BCUT2D eigenvalue weighted by Crippen LogP contribution is -2.35. The number of likely N-dealkylation sites (tertiary alicyclic amines) is 1. The van der Waals surface area contributed by atoms with E-state index in [1.54, 1.807) is 0 Å². The minimum atomic E-state index is -0.0479. The van der Waals surface area contributed by atoms with E-state index in [9.17, 15) is 9.59 Å². The Balaban J connectivity index is 1.47. The van der Waals surface area contributed by atoms with E-state index in [1.165, 1.54) is 30.2 Å². The highest BCUT2D eigenvalue weighted by Crippen LogP contribution is 2.22. The van der Waals surface area contributed by atoms with Crippen molar-refractivity contribution in [2.24, 2.45) is 0 Å².